The topological polar surface area (TPSA) is 118 Å². The van der Waals surface area contributed by atoms with E-state index in [9.17, 15) is 9.59 Å². The van der Waals surface area contributed by atoms with E-state index in [1.165, 1.54) is 11.3 Å². The summed E-state index contributed by atoms with van der Waals surface area (Å²) in [5, 5.41) is 14.1. The molecule has 0 bridgehead atoms. The summed E-state index contributed by atoms with van der Waals surface area (Å²) in [6, 6.07) is 10.7. The normalized spacial score (nSPS) is 23.8. The van der Waals surface area contributed by atoms with Crippen molar-refractivity contribution in [1.29, 1.82) is 5.26 Å². The van der Waals surface area contributed by atoms with Gasteiger partial charge < -0.3 is 15.8 Å². The molecule has 8 heteroatoms. The van der Waals surface area contributed by atoms with E-state index < -0.39 is 5.91 Å². The molecule has 5 rings (SSSR count). The van der Waals surface area contributed by atoms with Gasteiger partial charge in [-0.3, -0.25) is 9.59 Å². The van der Waals surface area contributed by atoms with Crippen LogP contribution in [0.4, 0.5) is 0 Å². The van der Waals surface area contributed by atoms with Crippen LogP contribution in [0.15, 0.2) is 35.7 Å². The summed E-state index contributed by atoms with van der Waals surface area (Å²) in [5.74, 6) is -0.377. The fourth-order valence-corrected chi connectivity index (χ4v) is 5.81. The van der Waals surface area contributed by atoms with Gasteiger partial charge >= 0.3 is 0 Å². The van der Waals surface area contributed by atoms with Gasteiger partial charge in [0.05, 0.1) is 21.8 Å². The van der Waals surface area contributed by atoms with Gasteiger partial charge in [0.15, 0.2) is 0 Å². The van der Waals surface area contributed by atoms with Gasteiger partial charge in [-0.15, -0.1) is 11.3 Å². The summed E-state index contributed by atoms with van der Waals surface area (Å²) in [4.78, 5) is 28.9. The lowest BCUT2D eigenvalue weighted by atomic mass is 9.53. The van der Waals surface area contributed by atoms with E-state index in [0.717, 1.165) is 41.5 Å². The maximum atomic E-state index is 12.5. The summed E-state index contributed by atoms with van der Waals surface area (Å²) in [7, 11) is 0. The molecule has 1 spiro atoms. The maximum Gasteiger partial charge on any atom is 0.254 e. The van der Waals surface area contributed by atoms with Crippen LogP contribution in [0.1, 0.15) is 57.5 Å². The third-order valence-electron chi connectivity index (χ3n) is 6.50. The molecule has 0 saturated heterocycles. The second-order valence-corrected chi connectivity index (χ2v) is 9.80. The number of nitriles is 1. The largest absolute Gasteiger partial charge is 0.474 e. The van der Waals surface area contributed by atoms with Crippen LogP contribution < -0.4 is 15.8 Å². The van der Waals surface area contributed by atoms with Crippen LogP contribution >= 0.6 is 11.3 Å². The molecule has 2 aliphatic rings. The second-order valence-electron chi connectivity index (χ2n) is 8.89. The van der Waals surface area contributed by atoms with Crippen LogP contribution in [-0.2, 0) is 0 Å². The maximum absolute atomic E-state index is 12.5. The van der Waals surface area contributed by atoms with Crippen molar-refractivity contribution in [2.45, 2.75) is 44.8 Å². The molecule has 2 heterocycles. The van der Waals surface area contributed by atoms with Crippen molar-refractivity contribution in [1.82, 2.24) is 10.3 Å². The molecule has 3 aromatic rings. The molecule has 0 radical (unpaired) electrons. The van der Waals surface area contributed by atoms with Gasteiger partial charge in [-0.2, -0.15) is 5.26 Å². The molecule has 2 saturated carbocycles. The molecule has 32 heavy (non-hydrogen) atoms. The number of rotatable bonds is 5. The number of carbonyl (C=O) groups is 2. The van der Waals surface area contributed by atoms with Crippen molar-refractivity contribution in [3.8, 4) is 11.9 Å². The number of pyridine rings is 1. The number of hydrogen-bond donors (Lipinski definition) is 2. The minimum atomic E-state index is -0.540. The Balaban J connectivity index is 1.18. The van der Waals surface area contributed by atoms with E-state index in [0.29, 0.717) is 22.6 Å². The number of benzene rings is 1. The van der Waals surface area contributed by atoms with Crippen molar-refractivity contribution in [2.24, 2.45) is 11.1 Å². The van der Waals surface area contributed by atoms with Crippen LogP contribution in [0.3, 0.4) is 0 Å². The number of nitrogens with zero attached hydrogens (tertiary/aromatic N) is 2. The summed E-state index contributed by atoms with van der Waals surface area (Å²) in [5.41, 5.74) is 8.92. The van der Waals surface area contributed by atoms with Gasteiger partial charge in [-0.25, -0.2) is 4.98 Å². The van der Waals surface area contributed by atoms with Gasteiger partial charge in [-0.1, -0.05) is 6.07 Å². The first kappa shape index (κ1) is 20.5. The lowest BCUT2D eigenvalue weighted by Crippen LogP contribution is -2.58. The first-order valence-electron chi connectivity index (χ1n) is 10.5. The van der Waals surface area contributed by atoms with E-state index in [2.05, 4.69) is 16.4 Å². The van der Waals surface area contributed by atoms with Crippen molar-refractivity contribution in [3.05, 3.63) is 58.0 Å². The molecule has 0 aliphatic heterocycles. The van der Waals surface area contributed by atoms with Crippen molar-refractivity contribution in [3.63, 3.8) is 0 Å². The van der Waals surface area contributed by atoms with E-state index >= 15 is 0 Å². The standard InChI is InChI=1S/C24H22N4O3S/c1-13-12-32-19-6-18(21(26)29)23(28-20(13)19)31-17-9-24(10-17)7-16(8-24)27-22(30)15-4-2-3-14(5-15)11-25/h2-6,12,16-17H,7-10H2,1H3,(H2,26,29)(H,27,30)/t16-,17-,24?. The SMILES string of the molecule is Cc1csc2cc(C(N)=O)c(O[C@H]3CC4(C[C@H](NC(=O)c5cccc(C#N)c5)C4)C3)nc12. The Labute approximate surface area is 189 Å². The van der Waals surface area contributed by atoms with Gasteiger partial charge in [0.2, 0.25) is 5.88 Å². The molecule has 2 amide bonds. The Kier molecular flexibility index (Phi) is 4.86. The molecule has 162 valence electrons. The van der Waals surface area contributed by atoms with Gasteiger partial charge in [-0.05, 0) is 73.2 Å². The predicted octanol–water partition coefficient (Wildman–Crippen LogP) is 3.70. The molecular formula is C24H22N4O3S. The minimum Gasteiger partial charge on any atom is -0.474 e. The summed E-state index contributed by atoms with van der Waals surface area (Å²) >= 11 is 1.53. The van der Waals surface area contributed by atoms with Crippen LogP contribution in [0.5, 0.6) is 5.88 Å². The monoisotopic (exact) mass is 446 g/mol. The third kappa shape index (κ3) is 3.59. The first-order valence-corrected chi connectivity index (χ1v) is 11.4. The average Bonchev–Trinajstić information content (AvgIpc) is 3.09. The van der Waals surface area contributed by atoms with Crippen LogP contribution in [0.25, 0.3) is 10.2 Å². The van der Waals surface area contributed by atoms with Gasteiger partial charge in [0, 0.05) is 11.6 Å². The Bertz CT molecular complexity index is 1280. The number of nitrogens with one attached hydrogen (secondary N) is 1. The van der Waals surface area contributed by atoms with E-state index in [1.54, 1.807) is 30.3 Å². The van der Waals surface area contributed by atoms with Crippen LogP contribution in [0.2, 0.25) is 0 Å². The number of primary amides is 1. The number of aryl methyl sites for hydroxylation is 1. The van der Waals surface area contributed by atoms with Crippen LogP contribution in [0, 0.1) is 23.7 Å². The van der Waals surface area contributed by atoms with Crippen molar-refractivity contribution >= 4 is 33.4 Å². The van der Waals surface area contributed by atoms with E-state index in [1.807, 2.05) is 12.3 Å². The smallest absolute Gasteiger partial charge is 0.254 e. The van der Waals surface area contributed by atoms with Gasteiger partial charge in [0.1, 0.15) is 11.7 Å². The fourth-order valence-electron chi connectivity index (χ4n) is 4.89. The molecule has 1 aromatic carbocycles. The first-order chi connectivity index (χ1) is 15.4. The number of amides is 2. The average molecular weight is 447 g/mol. The molecule has 2 aromatic heterocycles. The highest BCUT2D eigenvalue weighted by molar-refractivity contribution is 7.17. The zero-order chi connectivity index (χ0) is 22.5. The summed E-state index contributed by atoms with van der Waals surface area (Å²) < 4.78 is 7.02. The molecule has 0 atom stereocenters. The summed E-state index contributed by atoms with van der Waals surface area (Å²) in [6.07, 6.45) is 3.51. The lowest BCUT2D eigenvalue weighted by molar-refractivity contribution is -0.0847. The van der Waals surface area contributed by atoms with E-state index in [-0.39, 0.29) is 23.5 Å². The third-order valence-corrected chi connectivity index (χ3v) is 7.54. The van der Waals surface area contributed by atoms with Gasteiger partial charge in [0.25, 0.3) is 11.8 Å². The number of aromatic nitrogens is 1. The predicted molar refractivity (Wildman–Crippen MR) is 121 cm³/mol. The van der Waals surface area contributed by atoms with E-state index in [4.69, 9.17) is 15.7 Å². The molecular weight excluding hydrogens is 424 g/mol. The zero-order valence-electron chi connectivity index (χ0n) is 17.6. The second kappa shape index (κ2) is 7.61. The Hall–Kier alpha value is -3.44. The van der Waals surface area contributed by atoms with Crippen molar-refractivity contribution < 1.29 is 14.3 Å². The minimum absolute atomic E-state index is 0.0130. The number of nitrogens with two attached hydrogens (primary N) is 1. The Morgan fingerprint density at radius 2 is 2.06 bits per heavy atom. The fraction of sp³-hybridized carbons (Fsp3) is 0.333. The lowest BCUT2D eigenvalue weighted by Gasteiger charge is -2.57. The van der Waals surface area contributed by atoms with Crippen molar-refractivity contribution in [2.75, 3.05) is 0 Å². The number of hydrogen-bond acceptors (Lipinski definition) is 6. The Morgan fingerprint density at radius 3 is 2.78 bits per heavy atom. The molecule has 7 nitrogen and oxygen atoms in total. The number of carbonyl (C=O) groups excluding carboxylic acids is 2. The Morgan fingerprint density at radius 1 is 1.28 bits per heavy atom. The number of fused-ring (bicyclic) bond motifs is 1. The highest BCUT2D eigenvalue weighted by Gasteiger charge is 2.54. The highest BCUT2D eigenvalue weighted by atomic mass is 32.1. The molecule has 0 unspecified atom stereocenters. The number of ether oxygens (including phenoxy) is 1. The molecule has 2 aliphatic carbocycles. The molecule has 3 N–H and O–H groups in total. The summed E-state index contributed by atoms with van der Waals surface area (Å²) in [6.45, 7) is 1.98. The number of thiophene rings is 1. The highest BCUT2D eigenvalue weighted by Crippen LogP contribution is 2.57. The zero-order valence-corrected chi connectivity index (χ0v) is 18.4. The molecule has 2 fully saturated rings. The van der Waals surface area contributed by atoms with Crippen LogP contribution in [-0.4, -0.2) is 28.9 Å². The quantitative estimate of drug-likeness (QED) is 0.620.